The van der Waals surface area contributed by atoms with Crippen molar-refractivity contribution in [2.75, 3.05) is 26.3 Å². The number of carbonyl (C=O) groups is 4. The van der Waals surface area contributed by atoms with Gasteiger partial charge in [-0.05, 0) is 46.6 Å². The zero-order chi connectivity index (χ0) is 27.3. The normalized spacial score (nSPS) is 12.8. The average molecular weight is 508 g/mol. The first-order valence-electron chi connectivity index (χ1n) is 12.3. The molecule has 0 aliphatic carbocycles. The summed E-state index contributed by atoms with van der Waals surface area (Å²) in [4.78, 5) is 52.4. The zero-order valence-corrected chi connectivity index (χ0v) is 22.3. The van der Waals surface area contributed by atoms with Crippen molar-refractivity contribution in [2.45, 2.75) is 78.5 Å². The number of esters is 1. The highest BCUT2D eigenvalue weighted by Gasteiger charge is 2.35. The maximum absolute atomic E-state index is 13.6. The maximum Gasteiger partial charge on any atom is 0.408 e. The van der Waals surface area contributed by atoms with Gasteiger partial charge in [0.05, 0.1) is 19.6 Å². The Labute approximate surface area is 213 Å². The number of amides is 3. The van der Waals surface area contributed by atoms with Crippen molar-refractivity contribution >= 4 is 23.9 Å². The molecule has 0 aliphatic rings. The molecular formula is C26H41N3O7. The first-order chi connectivity index (χ1) is 16.9. The van der Waals surface area contributed by atoms with Crippen LogP contribution in [0.2, 0.25) is 0 Å². The number of nitrogens with zero attached hydrogens (tertiary/aromatic N) is 1. The van der Waals surface area contributed by atoms with Crippen molar-refractivity contribution in [1.82, 2.24) is 15.5 Å². The van der Waals surface area contributed by atoms with Gasteiger partial charge in [0.15, 0.2) is 0 Å². The molecule has 3 N–H and O–H groups in total. The molecule has 0 aromatic heterocycles. The van der Waals surface area contributed by atoms with Crippen LogP contribution in [0.4, 0.5) is 4.79 Å². The molecule has 10 nitrogen and oxygen atoms in total. The fourth-order valence-electron chi connectivity index (χ4n) is 3.46. The number of aliphatic hydroxyl groups excluding tert-OH is 1. The van der Waals surface area contributed by atoms with E-state index in [9.17, 15) is 24.3 Å². The Kier molecular flexibility index (Phi) is 12.9. The third-order valence-electron chi connectivity index (χ3n) is 5.06. The summed E-state index contributed by atoms with van der Waals surface area (Å²) in [5, 5.41) is 15.1. The highest BCUT2D eigenvalue weighted by atomic mass is 16.6. The molecule has 36 heavy (non-hydrogen) atoms. The maximum atomic E-state index is 13.6. The third-order valence-corrected chi connectivity index (χ3v) is 5.06. The number of carbonyl (C=O) groups excluding carboxylic acids is 4. The number of ether oxygens (including phenoxy) is 2. The quantitative estimate of drug-likeness (QED) is 0.349. The van der Waals surface area contributed by atoms with E-state index in [0.29, 0.717) is 12.0 Å². The van der Waals surface area contributed by atoms with Gasteiger partial charge < -0.3 is 30.1 Å². The molecule has 10 heteroatoms. The van der Waals surface area contributed by atoms with Crippen LogP contribution in [-0.2, 0) is 23.9 Å². The van der Waals surface area contributed by atoms with Gasteiger partial charge in [0.2, 0.25) is 11.8 Å². The second-order valence-corrected chi connectivity index (χ2v) is 9.43. The molecule has 0 spiro atoms. The van der Waals surface area contributed by atoms with E-state index in [-0.39, 0.29) is 26.1 Å². The Hall–Kier alpha value is -3.14. The van der Waals surface area contributed by atoms with Crippen LogP contribution in [0.1, 0.15) is 71.0 Å². The minimum absolute atomic E-state index is 0.0114. The summed E-state index contributed by atoms with van der Waals surface area (Å²) >= 11 is 0. The molecule has 0 saturated carbocycles. The lowest BCUT2D eigenvalue weighted by atomic mass is 10.0. The summed E-state index contributed by atoms with van der Waals surface area (Å²) in [6, 6.07) is 4.85. The number of aryl methyl sites for hydroxylation is 1. The third kappa shape index (κ3) is 10.6. The lowest BCUT2D eigenvalue weighted by molar-refractivity contribution is -0.144. The largest absolute Gasteiger partial charge is 0.466 e. The number of hydrogen-bond donors (Lipinski definition) is 3. The molecule has 1 aromatic rings. The van der Waals surface area contributed by atoms with Gasteiger partial charge in [-0.1, -0.05) is 43.2 Å². The molecule has 0 fully saturated rings. The van der Waals surface area contributed by atoms with Crippen LogP contribution in [0.15, 0.2) is 24.3 Å². The van der Waals surface area contributed by atoms with Gasteiger partial charge in [-0.3, -0.25) is 14.4 Å². The van der Waals surface area contributed by atoms with Crippen molar-refractivity contribution in [3.8, 4) is 0 Å². The Bertz CT molecular complexity index is 883. The highest BCUT2D eigenvalue weighted by molar-refractivity contribution is 5.92. The summed E-state index contributed by atoms with van der Waals surface area (Å²) in [7, 11) is 0. The topological polar surface area (TPSA) is 134 Å². The fraction of sp³-hybridized carbons (Fsp3) is 0.615. The van der Waals surface area contributed by atoms with Gasteiger partial charge in [-0.2, -0.15) is 0 Å². The van der Waals surface area contributed by atoms with Crippen molar-refractivity contribution in [3.63, 3.8) is 0 Å². The summed E-state index contributed by atoms with van der Waals surface area (Å²) < 4.78 is 10.1. The molecule has 0 saturated heterocycles. The Morgan fingerprint density at radius 3 is 2.39 bits per heavy atom. The number of aliphatic hydroxyl groups is 1. The second kappa shape index (κ2) is 15.1. The Balaban J connectivity index is 3.28. The van der Waals surface area contributed by atoms with Gasteiger partial charge in [-0.25, -0.2) is 4.79 Å². The molecule has 202 valence electrons. The molecule has 1 aromatic carbocycles. The van der Waals surface area contributed by atoms with E-state index >= 15 is 0 Å². The molecular weight excluding hydrogens is 466 g/mol. The van der Waals surface area contributed by atoms with E-state index < -0.39 is 48.2 Å². The number of rotatable bonds is 13. The Morgan fingerprint density at radius 1 is 1.14 bits per heavy atom. The Morgan fingerprint density at radius 2 is 1.83 bits per heavy atom. The molecule has 0 bridgehead atoms. The van der Waals surface area contributed by atoms with E-state index in [2.05, 4.69) is 10.6 Å². The van der Waals surface area contributed by atoms with Crippen LogP contribution in [0.3, 0.4) is 0 Å². The minimum Gasteiger partial charge on any atom is -0.466 e. The van der Waals surface area contributed by atoms with E-state index in [1.54, 1.807) is 45.9 Å². The summed E-state index contributed by atoms with van der Waals surface area (Å²) in [5.41, 5.74) is 0.671. The predicted molar refractivity (Wildman–Crippen MR) is 135 cm³/mol. The van der Waals surface area contributed by atoms with Crippen LogP contribution in [0, 0.1) is 6.92 Å². The monoisotopic (exact) mass is 507 g/mol. The van der Waals surface area contributed by atoms with Crippen LogP contribution < -0.4 is 10.6 Å². The molecule has 0 heterocycles. The SMILES string of the molecule is CCCCN(C(=O)C(CO)NC(=O)OC(C)(C)C)C(C(=O)NCCC(=O)OCC)c1cccc(C)c1. The van der Waals surface area contributed by atoms with Gasteiger partial charge in [0.1, 0.15) is 17.7 Å². The fourth-order valence-corrected chi connectivity index (χ4v) is 3.46. The molecule has 1 rings (SSSR count). The number of benzene rings is 1. The first kappa shape index (κ1) is 30.9. The first-order valence-corrected chi connectivity index (χ1v) is 12.3. The average Bonchev–Trinajstić information content (AvgIpc) is 2.78. The second-order valence-electron chi connectivity index (χ2n) is 9.43. The van der Waals surface area contributed by atoms with E-state index in [1.807, 2.05) is 19.9 Å². The van der Waals surface area contributed by atoms with Crippen molar-refractivity contribution in [1.29, 1.82) is 0 Å². The predicted octanol–water partition coefficient (Wildman–Crippen LogP) is 2.62. The van der Waals surface area contributed by atoms with E-state index in [4.69, 9.17) is 9.47 Å². The van der Waals surface area contributed by atoms with Gasteiger partial charge in [0.25, 0.3) is 0 Å². The zero-order valence-electron chi connectivity index (χ0n) is 22.3. The van der Waals surface area contributed by atoms with Crippen molar-refractivity contribution in [2.24, 2.45) is 0 Å². The molecule has 0 radical (unpaired) electrons. The summed E-state index contributed by atoms with van der Waals surface area (Å²) in [6.45, 7) is 10.4. The standard InChI is InChI=1S/C26H41N3O7/c1-7-9-15-29(24(33)20(17-30)28-25(34)36-26(4,5)6)22(19-12-10-11-18(3)16-19)23(32)27-14-13-21(31)35-8-2/h10-12,16,20,22,30H,7-9,13-15,17H2,1-6H3,(H,27,32)(H,28,34). The number of hydrogen-bond acceptors (Lipinski definition) is 7. The van der Waals surface area contributed by atoms with E-state index in [0.717, 1.165) is 12.0 Å². The van der Waals surface area contributed by atoms with Crippen LogP contribution in [-0.4, -0.2) is 71.8 Å². The molecule has 2 atom stereocenters. The van der Waals surface area contributed by atoms with Crippen LogP contribution >= 0.6 is 0 Å². The van der Waals surface area contributed by atoms with Crippen molar-refractivity contribution < 1.29 is 33.8 Å². The lowest BCUT2D eigenvalue weighted by Crippen LogP contribution is -2.54. The number of nitrogens with one attached hydrogen (secondary N) is 2. The summed E-state index contributed by atoms with van der Waals surface area (Å²) in [6.07, 6.45) is 0.478. The van der Waals surface area contributed by atoms with Gasteiger partial charge in [-0.15, -0.1) is 0 Å². The van der Waals surface area contributed by atoms with Gasteiger partial charge in [0, 0.05) is 13.1 Å². The molecule has 3 amide bonds. The van der Waals surface area contributed by atoms with Crippen LogP contribution in [0.5, 0.6) is 0 Å². The van der Waals surface area contributed by atoms with Crippen molar-refractivity contribution in [3.05, 3.63) is 35.4 Å². The molecule has 0 aliphatic heterocycles. The van der Waals surface area contributed by atoms with Gasteiger partial charge >= 0.3 is 12.1 Å². The lowest BCUT2D eigenvalue weighted by Gasteiger charge is -2.34. The summed E-state index contributed by atoms with van der Waals surface area (Å²) in [5.74, 6) is -1.54. The minimum atomic E-state index is -1.31. The highest BCUT2D eigenvalue weighted by Crippen LogP contribution is 2.24. The number of unbranched alkanes of at least 4 members (excludes halogenated alkanes) is 1. The molecule has 2 unspecified atom stereocenters. The van der Waals surface area contributed by atoms with Crippen LogP contribution in [0.25, 0.3) is 0 Å². The number of alkyl carbamates (subject to hydrolysis) is 1. The van der Waals surface area contributed by atoms with E-state index in [1.165, 1.54) is 4.90 Å². The smallest absolute Gasteiger partial charge is 0.408 e.